The Morgan fingerprint density at radius 3 is 2.50 bits per heavy atom. The standard InChI is InChI=1S/C13H20N2O2S/c1-11(13-5-3-4-8-14-13)15-9-6-12(7-10-15)18(2,16)17/h3-5,8,11-12H,6-7,9-10H2,1-2H3. The van der Waals surface area contributed by atoms with Gasteiger partial charge in [0.25, 0.3) is 0 Å². The number of piperidine rings is 1. The highest BCUT2D eigenvalue weighted by Crippen LogP contribution is 2.25. The lowest BCUT2D eigenvalue weighted by Gasteiger charge is -2.35. The quantitative estimate of drug-likeness (QED) is 0.836. The van der Waals surface area contributed by atoms with Crippen molar-refractivity contribution in [2.45, 2.75) is 31.1 Å². The van der Waals surface area contributed by atoms with Gasteiger partial charge < -0.3 is 0 Å². The maximum Gasteiger partial charge on any atom is 0.150 e. The van der Waals surface area contributed by atoms with Crippen molar-refractivity contribution in [3.8, 4) is 0 Å². The molecule has 0 N–H and O–H groups in total. The molecule has 18 heavy (non-hydrogen) atoms. The molecule has 1 aliphatic heterocycles. The largest absolute Gasteiger partial charge is 0.295 e. The van der Waals surface area contributed by atoms with Gasteiger partial charge in [-0.05, 0) is 31.9 Å². The summed E-state index contributed by atoms with van der Waals surface area (Å²) >= 11 is 0. The molecule has 4 nitrogen and oxygen atoms in total. The Bertz CT molecular complexity index is 479. The minimum absolute atomic E-state index is 0.162. The van der Waals surface area contributed by atoms with E-state index >= 15 is 0 Å². The fourth-order valence-corrected chi connectivity index (χ4v) is 3.57. The summed E-state index contributed by atoms with van der Waals surface area (Å²) in [5, 5.41) is -0.162. The number of sulfone groups is 1. The van der Waals surface area contributed by atoms with Crippen LogP contribution in [0.1, 0.15) is 31.5 Å². The molecular formula is C13H20N2O2S. The van der Waals surface area contributed by atoms with E-state index in [0.29, 0.717) is 0 Å². The van der Waals surface area contributed by atoms with E-state index in [1.54, 1.807) is 6.20 Å². The lowest BCUT2D eigenvalue weighted by Crippen LogP contribution is -2.40. The molecule has 2 heterocycles. The summed E-state index contributed by atoms with van der Waals surface area (Å²) < 4.78 is 23.0. The van der Waals surface area contributed by atoms with E-state index in [9.17, 15) is 8.42 Å². The van der Waals surface area contributed by atoms with Crippen LogP contribution in [0.25, 0.3) is 0 Å². The third-order valence-corrected chi connectivity index (χ3v) is 5.43. The van der Waals surface area contributed by atoms with E-state index in [1.165, 1.54) is 6.26 Å². The zero-order valence-corrected chi connectivity index (χ0v) is 11.7. The van der Waals surface area contributed by atoms with Gasteiger partial charge in [0, 0.05) is 31.6 Å². The van der Waals surface area contributed by atoms with Crippen LogP contribution in [-0.2, 0) is 9.84 Å². The Kier molecular flexibility index (Phi) is 4.02. The highest BCUT2D eigenvalue weighted by atomic mass is 32.2. The molecule has 1 fully saturated rings. The van der Waals surface area contributed by atoms with Gasteiger partial charge in [-0.15, -0.1) is 0 Å². The first-order valence-electron chi connectivity index (χ1n) is 6.32. The summed E-state index contributed by atoms with van der Waals surface area (Å²) in [7, 11) is -2.88. The van der Waals surface area contributed by atoms with E-state index in [2.05, 4.69) is 16.8 Å². The van der Waals surface area contributed by atoms with Crippen molar-refractivity contribution in [3.05, 3.63) is 30.1 Å². The molecule has 0 bridgehead atoms. The number of rotatable bonds is 3. The van der Waals surface area contributed by atoms with E-state index in [1.807, 2.05) is 18.2 Å². The molecule has 1 saturated heterocycles. The van der Waals surface area contributed by atoms with Gasteiger partial charge in [0.2, 0.25) is 0 Å². The lowest BCUT2D eigenvalue weighted by atomic mass is 10.1. The molecule has 0 radical (unpaired) electrons. The molecule has 0 aromatic carbocycles. The van der Waals surface area contributed by atoms with Crippen molar-refractivity contribution in [2.75, 3.05) is 19.3 Å². The normalized spacial score (nSPS) is 20.8. The van der Waals surface area contributed by atoms with Gasteiger partial charge >= 0.3 is 0 Å². The molecule has 100 valence electrons. The van der Waals surface area contributed by atoms with E-state index in [-0.39, 0.29) is 11.3 Å². The molecule has 0 amide bonds. The van der Waals surface area contributed by atoms with Crippen molar-refractivity contribution in [3.63, 3.8) is 0 Å². The third-order valence-electron chi connectivity index (χ3n) is 3.75. The van der Waals surface area contributed by atoms with Crippen LogP contribution in [-0.4, -0.2) is 42.9 Å². The fraction of sp³-hybridized carbons (Fsp3) is 0.615. The Morgan fingerprint density at radius 1 is 1.33 bits per heavy atom. The van der Waals surface area contributed by atoms with Crippen LogP contribution in [0, 0.1) is 0 Å². The summed E-state index contributed by atoms with van der Waals surface area (Å²) in [4.78, 5) is 6.67. The Balaban J connectivity index is 1.98. The second kappa shape index (κ2) is 5.36. The van der Waals surface area contributed by atoms with Crippen LogP contribution in [0.4, 0.5) is 0 Å². The van der Waals surface area contributed by atoms with Crippen LogP contribution >= 0.6 is 0 Å². The molecular weight excluding hydrogens is 248 g/mol. The minimum atomic E-state index is -2.88. The predicted molar refractivity (Wildman–Crippen MR) is 72.1 cm³/mol. The Hall–Kier alpha value is -0.940. The van der Waals surface area contributed by atoms with E-state index in [0.717, 1.165) is 31.6 Å². The molecule has 1 unspecified atom stereocenters. The number of pyridine rings is 1. The second-order valence-corrected chi connectivity index (χ2v) is 7.32. The third kappa shape index (κ3) is 3.09. The Morgan fingerprint density at radius 2 is 2.00 bits per heavy atom. The zero-order valence-electron chi connectivity index (χ0n) is 10.9. The number of hydrogen-bond donors (Lipinski definition) is 0. The van der Waals surface area contributed by atoms with Gasteiger partial charge in [-0.3, -0.25) is 9.88 Å². The summed E-state index contributed by atoms with van der Waals surface area (Å²) in [5.41, 5.74) is 1.05. The maximum absolute atomic E-state index is 11.5. The number of likely N-dealkylation sites (tertiary alicyclic amines) is 1. The van der Waals surface area contributed by atoms with Gasteiger partial charge in [0.1, 0.15) is 9.84 Å². The van der Waals surface area contributed by atoms with Crippen LogP contribution in [0.2, 0.25) is 0 Å². The van der Waals surface area contributed by atoms with Crippen molar-refractivity contribution in [1.82, 2.24) is 9.88 Å². The smallest absolute Gasteiger partial charge is 0.150 e. The molecule has 0 spiro atoms. The van der Waals surface area contributed by atoms with Crippen molar-refractivity contribution >= 4 is 9.84 Å². The topological polar surface area (TPSA) is 50.3 Å². The van der Waals surface area contributed by atoms with Crippen LogP contribution in [0.5, 0.6) is 0 Å². The monoisotopic (exact) mass is 268 g/mol. The summed E-state index contributed by atoms with van der Waals surface area (Å²) in [6, 6.07) is 6.17. The average molecular weight is 268 g/mol. The van der Waals surface area contributed by atoms with Gasteiger partial charge in [0.15, 0.2) is 0 Å². The van der Waals surface area contributed by atoms with Crippen LogP contribution < -0.4 is 0 Å². The van der Waals surface area contributed by atoms with Gasteiger partial charge in [-0.25, -0.2) is 8.42 Å². The van der Waals surface area contributed by atoms with Crippen LogP contribution in [0.15, 0.2) is 24.4 Å². The summed E-state index contributed by atoms with van der Waals surface area (Å²) in [6.45, 7) is 3.79. The number of aromatic nitrogens is 1. The van der Waals surface area contributed by atoms with Crippen molar-refractivity contribution < 1.29 is 8.42 Å². The van der Waals surface area contributed by atoms with Gasteiger partial charge in [-0.2, -0.15) is 0 Å². The molecule has 5 heteroatoms. The molecule has 1 aliphatic rings. The predicted octanol–water partition coefficient (Wildman–Crippen LogP) is 1.65. The van der Waals surface area contributed by atoms with E-state index in [4.69, 9.17) is 0 Å². The summed E-state index contributed by atoms with van der Waals surface area (Å²) in [6.07, 6.45) is 4.61. The molecule has 1 atom stereocenters. The molecule has 2 rings (SSSR count). The highest BCUT2D eigenvalue weighted by Gasteiger charge is 2.29. The van der Waals surface area contributed by atoms with Crippen LogP contribution in [0.3, 0.4) is 0 Å². The SMILES string of the molecule is CC(c1ccccn1)N1CCC(S(C)(=O)=O)CC1. The minimum Gasteiger partial charge on any atom is -0.295 e. The molecule has 1 aromatic rings. The van der Waals surface area contributed by atoms with Gasteiger partial charge in [0.05, 0.1) is 10.9 Å². The van der Waals surface area contributed by atoms with Crippen molar-refractivity contribution in [1.29, 1.82) is 0 Å². The van der Waals surface area contributed by atoms with Gasteiger partial charge in [-0.1, -0.05) is 6.07 Å². The lowest BCUT2D eigenvalue weighted by molar-refractivity contribution is 0.173. The first-order valence-corrected chi connectivity index (χ1v) is 8.28. The first kappa shape index (κ1) is 13.5. The maximum atomic E-state index is 11.5. The summed E-state index contributed by atoms with van der Waals surface area (Å²) in [5.74, 6) is 0. The number of hydrogen-bond acceptors (Lipinski definition) is 4. The zero-order chi connectivity index (χ0) is 13.2. The van der Waals surface area contributed by atoms with Crippen molar-refractivity contribution in [2.24, 2.45) is 0 Å². The number of nitrogens with zero attached hydrogens (tertiary/aromatic N) is 2. The average Bonchev–Trinajstić information content (AvgIpc) is 2.38. The van der Waals surface area contributed by atoms with E-state index < -0.39 is 9.84 Å². The first-order chi connectivity index (χ1) is 8.48. The molecule has 1 aromatic heterocycles. The molecule has 0 saturated carbocycles. The highest BCUT2D eigenvalue weighted by molar-refractivity contribution is 7.91. The second-order valence-electron chi connectivity index (χ2n) is 5.00. The Labute approximate surface area is 109 Å². The fourth-order valence-electron chi connectivity index (χ4n) is 2.50. The molecule has 0 aliphatic carbocycles.